The maximum absolute atomic E-state index is 11.9. The van der Waals surface area contributed by atoms with Gasteiger partial charge in [-0.15, -0.1) is 0 Å². The molecule has 0 aliphatic heterocycles. The van der Waals surface area contributed by atoms with Crippen LogP contribution in [0.15, 0.2) is 54.6 Å². The molecule has 2 N–H and O–H groups in total. The van der Waals surface area contributed by atoms with Crippen LogP contribution in [0.1, 0.15) is 18.9 Å². The minimum Gasteiger partial charge on any atom is -0.323 e. The van der Waals surface area contributed by atoms with Gasteiger partial charge in [0.05, 0.1) is 5.75 Å². The van der Waals surface area contributed by atoms with Gasteiger partial charge in [-0.25, -0.2) is 8.42 Å². The van der Waals surface area contributed by atoms with E-state index in [1.165, 1.54) is 6.08 Å². The van der Waals surface area contributed by atoms with Crippen molar-refractivity contribution in [1.29, 1.82) is 0 Å². The van der Waals surface area contributed by atoms with Crippen molar-refractivity contribution >= 4 is 45.0 Å². The van der Waals surface area contributed by atoms with Crippen LogP contribution < -0.4 is 10.0 Å². The summed E-state index contributed by atoms with van der Waals surface area (Å²) in [7, 11) is -3.32. The summed E-state index contributed by atoms with van der Waals surface area (Å²) in [6.07, 6.45) is 3.64. The molecule has 1 amide bonds. The first-order valence-corrected chi connectivity index (χ1v) is 9.76. The molecule has 2 aromatic carbocycles. The molecular formula is C18H19ClN2O3S. The molecule has 0 atom stereocenters. The summed E-state index contributed by atoms with van der Waals surface area (Å²) in [5, 5.41) is 3.35. The highest BCUT2D eigenvalue weighted by Crippen LogP contribution is 2.15. The first kappa shape index (κ1) is 19.0. The Kier molecular flexibility index (Phi) is 6.61. The number of hydrogen-bond acceptors (Lipinski definition) is 3. The molecule has 0 saturated heterocycles. The van der Waals surface area contributed by atoms with Gasteiger partial charge in [0.2, 0.25) is 15.9 Å². The van der Waals surface area contributed by atoms with E-state index in [2.05, 4.69) is 10.0 Å². The van der Waals surface area contributed by atoms with E-state index in [4.69, 9.17) is 11.6 Å². The minimum atomic E-state index is -3.32. The van der Waals surface area contributed by atoms with Crippen molar-refractivity contribution in [2.45, 2.75) is 13.3 Å². The average Bonchev–Trinajstić information content (AvgIpc) is 2.56. The van der Waals surface area contributed by atoms with Gasteiger partial charge in [0.25, 0.3) is 0 Å². The number of carbonyl (C=O) groups excluding carboxylic acids is 1. The van der Waals surface area contributed by atoms with Gasteiger partial charge in [0.15, 0.2) is 0 Å². The van der Waals surface area contributed by atoms with Gasteiger partial charge in [-0.2, -0.15) is 0 Å². The van der Waals surface area contributed by atoms with Crippen molar-refractivity contribution in [3.05, 3.63) is 65.2 Å². The lowest BCUT2D eigenvalue weighted by Crippen LogP contribution is -2.16. The van der Waals surface area contributed by atoms with E-state index < -0.39 is 10.0 Å². The van der Waals surface area contributed by atoms with E-state index in [1.54, 1.807) is 49.4 Å². The smallest absolute Gasteiger partial charge is 0.248 e. The molecule has 0 fully saturated rings. The Labute approximate surface area is 152 Å². The van der Waals surface area contributed by atoms with Crippen molar-refractivity contribution in [3.63, 3.8) is 0 Å². The number of hydrogen-bond donors (Lipinski definition) is 2. The number of benzene rings is 2. The van der Waals surface area contributed by atoms with E-state index in [1.807, 2.05) is 12.1 Å². The predicted molar refractivity (Wildman–Crippen MR) is 103 cm³/mol. The van der Waals surface area contributed by atoms with E-state index in [9.17, 15) is 13.2 Å². The summed E-state index contributed by atoms with van der Waals surface area (Å²) in [6, 6.07) is 13.6. The Balaban J connectivity index is 1.94. The zero-order valence-corrected chi connectivity index (χ0v) is 15.3. The fourth-order valence-electron chi connectivity index (χ4n) is 2.05. The monoisotopic (exact) mass is 378 g/mol. The SMILES string of the molecule is CCCS(=O)(=O)Nc1ccc(NC(=O)/C=C/c2ccc(Cl)cc2)cc1. The Morgan fingerprint density at radius 2 is 1.64 bits per heavy atom. The molecule has 25 heavy (non-hydrogen) atoms. The lowest BCUT2D eigenvalue weighted by molar-refractivity contribution is -0.111. The maximum atomic E-state index is 11.9. The van der Waals surface area contributed by atoms with Crippen LogP contribution in [0.2, 0.25) is 5.02 Å². The standard InChI is InChI=1S/C18H19ClN2O3S/c1-2-13-25(23,24)21-17-10-8-16(9-11-17)20-18(22)12-5-14-3-6-15(19)7-4-14/h3-12,21H,2,13H2,1H3,(H,20,22)/b12-5+. The Morgan fingerprint density at radius 3 is 2.24 bits per heavy atom. The zero-order valence-electron chi connectivity index (χ0n) is 13.7. The van der Waals surface area contributed by atoms with Crippen LogP contribution in [0.5, 0.6) is 0 Å². The molecule has 7 heteroatoms. The first-order valence-electron chi connectivity index (χ1n) is 7.73. The molecule has 0 heterocycles. The van der Waals surface area contributed by atoms with E-state index >= 15 is 0 Å². The van der Waals surface area contributed by atoms with Crippen LogP contribution in [0, 0.1) is 0 Å². The summed E-state index contributed by atoms with van der Waals surface area (Å²) < 4.78 is 25.9. The number of carbonyl (C=O) groups is 1. The topological polar surface area (TPSA) is 75.3 Å². The van der Waals surface area contributed by atoms with Crippen LogP contribution in [0.3, 0.4) is 0 Å². The third kappa shape index (κ3) is 6.60. The lowest BCUT2D eigenvalue weighted by Gasteiger charge is -2.08. The second-order valence-electron chi connectivity index (χ2n) is 5.37. The third-order valence-corrected chi connectivity index (χ3v) is 4.94. The Bertz CT molecular complexity index is 845. The molecule has 0 aliphatic rings. The molecule has 132 valence electrons. The molecule has 0 bridgehead atoms. The summed E-state index contributed by atoms with van der Waals surface area (Å²) in [4.78, 5) is 11.9. The molecule has 0 saturated carbocycles. The largest absolute Gasteiger partial charge is 0.323 e. The highest BCUT2D eigenvalue weighted by atomic mass is 35.5. The Morgan fingerprint density at radius 1 is 1.04 bits per heavy atom. The number of anilines is 2. The fourth-order valence-corrected chi connectivity index (χ4v) is 3.31. The molecular weight excluding hydrogens is 360 g/mol. The normalized spacial score (nSPS) is 11.4. The summed E-state index contributed by atoms with van der Waals surface area (Å²) >= 11 is 5.81. The molecule has 0 spiro atoms. The molecule has 0 unspecified atom stereocenters. The summed E-state index contributed by atoms with van der Waals surface area (Å²) in [5.74, 6) is -0.213. The second kappa shape index (κ2) is 8.69. The van der Waals surface area contributed by atoms with Crippen molar-refractivity contribution in [3.8, 4) is 0 Å². The molecule has 0 aliphatic carbocycles. The summed E-state index contributed by atoms with van der Waals surface area (Å²) in [6.45, 7) is 1.80. The summed E-state index contributed by atoms with van der Waals surface area (Å²) in [5.41, 5.74) is 1.90. The maximum Gasteiger partial charge on any atom is 0.248 e. The third-order valence-electron chi connectivity index (χ3n) is 3.20. The number of rotatable bonds is 7. The molecule has 0 radical (unpaired) electrons. The molecule has 5 nitrogen and oxygen atoms in total. The lowest BCUT2D eigenvalue weighted by atomic mass is 10.2. The predicted octanol–water partition coefficient (Wildman–Crippen LogP) is 4.14. The molecule has 0 aromatic heterocycles. The van der Waals surface area contributed by atoms with Crippen LogP contribution in [-0.4, -0.2) is 20.1 Å². The quantitative estimate of drug-likeness (QED) is 0.711. The first-order chi connectivity index (χ1) is 11.9. The van der Waals surface area contributed by atoms with Gasteiger partial charge < -0.3 is 5.32 Å². The van der Waals surface area contributed by atoms with Crippen LogP contribution >= 0.6 is 11.6 Å². The van der Waals surface area contributed by atoms with Gasteiger partial charge >= 0.3 is 0 Å². The number of halogens is 1. The number of nitrogens with one attached hydrogen (secondary N) is 2. The van der Waals surface area contributed by atoms with Gasteiger partial charge in [-0.3, -0.25) is 9.52 Å². The Hall–Kier alpha value is -2.31. The van der Waals surface area contributed by atoms with E-state index in [0.29, 0.717) is 22.8 Å². The van der Waals surface area contributed by atoms with Crippen molar-refractivity contribution in [2.75, 3.05) is 15.8 Å². The van der Waals surface area contributed by atoms with E-state index in [-0.39, 0.29) is 11.7 Å². The molecule has 2 aromatic rings. The van der Waals surface area contributed by atoms with Gasteiger partial charge in [-0.05, 0) is 54.5 Å². The number of sulfonamides is 1. The molecule has 2 rings (SSSR count). The highest BCUT2D eigenvalue weighted by molar-refractivity contribution is 7.92. The average molecular weight is 379 g/mol. The van der Waals surface area contributed by atoms with Crippen LogP contribution in [0.25, 0.3) is 6.08 Å². The van der Waals surface area contributed by atoms with Crippen molar-refractivity contribution < 1.29 is 13.2 Å². The van der Waals surface area contributed by atoms with E-state index in [0.717, 1.165) is 5.56 Å². The van der Waals surface area contributed by atoms with Crippen molar-refractivity contribution in [1.82, 2.24) is 0 Å². The van der Waals surface area contributed by atoms with Crippen molar-refractivity contribution in [2.24, 2.45) is 0 Å². The highest BCUT2D eigenvalue weighted by Gasteiger charge is 2.08. The van der Waals surface area contributed by atoms with Gasteiger partial charge in [0, 0.05) is 22.5 Å². The fraction of sp³-hybridized carbons (Fsp3) is 0.167. The zero-order chi connectivity index (χ0) is 18.3. The van der Waals surface area contributed by atoms with Gasteiger partial charge in [0.1, 0.15) is 0 Å². The second-order valence-corrected chi connectivity index (χ2v) is 7.65. The van der Waals surface area contributed by atoms with Crippen LogP contribution in [-0.2, 0) is 14.8 Å². The number of amides is 1. The van der Waals surface area contributed by atoms with Gasteiger partial charge in [-0.1, -0.05) is 30.7 Å². The van der Waals surface area contributed by atoms with Crippen LogP contribution in [0.4, 0.5) is 11.4 Å². The minimum absolute atomic E-state index is 0.0704.